The Morgan fingerprint density at radius 2 is 2.05 bits per heavy atom. The van der Waals surface area contributed by atoms with Crippen molar-refractivity contribution in [2.45, 2.75) is 53.0 Å². The van der Waals surface area contributed by atoms with Crippen LogP contribution in [-0.4, -0.2) is 45.1 Å². The van der Waals surface area contributed by atoms with Crippen LogP contribution in [0.3, 0.4) is 0 Å². The summed E-state index contributed by atoms with van der Waals surface area (Å²) in [5, 5.41) is 8.89. The average Bonchev–Trinajstić information content (AvgIpc) is 2.37. The highest BCUT2D eigenvalue weighted by atomic mass is 16.3. The molecule has 1 aromatic rings. The zero-order valence-electron chi connectivity index (χ0n) is 13.3. The van der Waals surface area contributed by atoms with Crippen molar-refractivity contribution in [1.82, 2.24) is 14.9 Å². The molecule has 1 amide bonds. The number of carbonyl (C=O) groups excluding carboxylic acids is 1. The number of nitrogens with one attached hydrogen (secondary N) is 1. The van der Waals surface area contributed by atoms with E-state index in [1.54, 1.807) is 18.7 Å². The molecule has 6 nitrogen and oxygen atoms in total. The lowest BCUT2D eigenvalue weighted by atomic mass is 10.1. The molecule has 2 N–H and O–H groups in total. The maximum Gasteiger partial charge on any atom is 0.254 e. The Bertz CT molecular complexity index is 537. The molecule has 1 heterocycles. The van der Waals surface area contributed by atoms with Gasteiger partial charge in [0.05, 0.1) is 0 Å². The normalized spacial score (nSPS) is 11.0. The third-order valence-corrected chi connectivity index (χ3v) is 3.43. The van der Waals surface area contributed by atoms with Crippen LogP contribution in [0.25, 0.3) is 0 Å². The summed E-state index contributed by atoms with van der Waals surface area (Å²) >= 11 is 0. The number of hydrogen-bond acceptors (Lipinski definition) is 4. The van der Waals surface area contributed by atoms with E-state index in [-0.39, 0.29) is 30.5 Å². The molecular formula is C15H25N3O3. The smallest absolute Gasteiger partial charge is 0.254 e. The molecule has 0 aliphatic carbocycles. The Hall–Kier alpha value is -1.69. The van der Waals surface area contributed by atoms with Gasteiger partial charge in [0.1, 0.15) is 5.82 Å². The topological polar surface area (TPSA) is 86.3 Å². The second-order valence-corrected chi connectivity index (χ2v) is 5.47. The molecule has 0 saturated heterocycles. The van der Waals surface area contributed by atoms with Crippen LogP contribution in [0.1, 0.15) is 43.8 Å². The third-order valence-electron chi connectivity index (χ3n) is 3.43. The van der Waals surface area contributed by atoms with E-state index in [1.807, 2.05) is 13.8 Å². The molecular weight excluding hydrogens is 270 g/mol. The van der Waals surface area contributed by atoms with Gasteiger partial charge in [-0.1, -0.05) is 0 Å². The molecule has 0 aromatic carbocycles. The van der Waals surface area contributed by atoms with Crippen molar-refractivity contribution in [2.75, 3.05) is 13.2 Å². The summed E-state index contributed by atoms with van der Waals surface area (Å²) in [5.41, 5.74) is 1.08. The second kappa shape index (κ2) is 7.93. The molecule has 0 saturated carbocycles. The van der Waals surface area contributed by atoms with Crippen LogP contribution >= 0.6 is 0 Å². The fourth-order valence-corrected chi connectivity index (χ4v) is 2.33. The van der Waals surface area contributed by atoms with Crippen molar-refractivity contribution < 1.29 is 9.90 Å². The predicted octanol–water partition coefficient (Wildman–Crippen LogP) is 0.939. The number of amides is 1. The Morgan fingerprint density at radius 1 is 1.38 bits per heavy atom. The van der Waals surface area contributed by atoms with Gasteiger partial charge in [0.15, 0.2) is 0 Å². The third kappa shape index (κ3) is 4.97. The van der Waals surface area contributed by atoms with Crippen molar-refractivity contribution in [1.29, 1.82) is 0 Å². The van der Waals surface area contributed by atoms with Crippen LogP contribution in [0.15, 0.2) is 4.79 Å². The predicted molar refractivity (Wildman–Crippen MR) is 81.2 cm³/mol. The molecule has 0 aliphatic heterocycles. The molecule has 0 aliphatic rings. The molecule has 0 atom stereocenters. The number of nitrogens with zero attached hydrogens (tertiary/aromatic N) is 2. The van der Waals surface area contributed by atoms with Crippen LogP contribution < -0.4 is 5.56 Å². The number of rotatable bonds is 7. The van der Waals surface area contributed by atoms with Crippen LogP contribution in [0, 0.1) is 13.8 Å². The Labute approximate surface area is 125 Å². The quantitative estimate of drug-likeness (QED) is 0.784. The first-order chi connectivity index (χ1) is 9.86. The highest BCUT2D eigenvalue weighted by Crippen LogP contribution is 2.08. The number of aromatic amines is 1. The summed E-state index contributed by atoms with van der Waals surface area (Å²) < 4.78 is 0. The number of carbonyl (C=O) groups is 1. The van der Waals surface area contributed by atoms with Gasteiger partial charge in [-0.05, 0) is 40.5 Å². The summed E-state index contributed by atoms with van der Waals surface area (Å²) in [6, 6.07) is 0.0829. The van der Waals surface area contributed by atoms with Crippen molar-refractivity contribution >= 4 is 5.91 Å². The van der Waals surface area contributed by atoms with Gasteiger partial charge in [0.25, 0.3) is 5.56 Å². The minimum absolute atomic E-state index is 0.00201. The van der Waals surface area contributed by atoms with Crippen molar-refractivity contribution in [3.05, 3.63) is 27.4 Å². The molecule has 1 rings (SSSR count). The number of aromatic nitrogens is 2. The van der Waals surface area contributed by atoms with Crippen LogP contribution in [0.2, 0.25) is 0 Å². The SMILES string of the molecule is Cc1nc(C)c(CCC(=O)N(CCCO)C(C)C)c(=O)[nH]1. The molecule has 0 fully saturated rings. The molecule has 0 bridgehead atoms. The number of aliphatic hydroxyl groups excluding tert-OH is 1. The molecule has 1 aromatic heterocycles. The maximum absolute atomic E-state index is 12.3. The van der Waals surface area contributed by atoms with E-state index < -0.39 is 0 Å². The van der Waals surface area contributed by atoms with Gasteiger partial charge in [0, 0.05) is 36.9 Å². The summed E-state index contributed by atoms with van der Waals surface area (Å²) in [4.78, 5) is 32.8. The Balaban J connectivity index is 2.73. The monoisotopic (exact) mass is 295 g/mol. The van der Waals surface area contributed by atoms with Gasteiger partial charge in [0.2, 0.25) is 5.91 Å². The first-order valence-corrected chi connectivity index (χ1v) is 7.33. The van der Waals surface area contributed by atoms with Gasteiger partial charge >= 0.3 is 0 Å². The van der Waals surface area contributed by atoms with E-state index in [9.17, 15) is 9.59 Å². The summed E-state index contributed by atoms with van der Waals surface area (Å²) in [6.45, 7) is 8.01. The lowest BCUT2D eigenvalue weighted by Crippen LogP contribution is -2.38. The molecule has 6 heteroatoms. The van der Waals surface area contributed by atoms with Crippen LogP contribution in [0.4, 0.5) is 0 Å². The summed E-state index contributed by atoms with van der Waals surface area (Å²) in [6.07, 6.45) is 1.23. The zero-order chi connectivity index (χ0) is 16.0. The number of H-pyrrole nitrogens is 1. The van der Waals surface area contributed by atoms with E-state index in [0.29, 0.717) is 36.5 Å². The number of aliphatic hydroxyl groups is 1. The molecule has 118 valence electrons. The van der Waals surface area contributed by atoms with E-state index in [4.69, 9.17) is 5.11 Å². The van der Waals surface area contributed by atoms with Crippen LogP contribution in [-0.2, 0) is 11.2 Å². The van der Waals surface area contributed by atoms with Crippen molar-refractivity contribution in [3.8, 4) is 0 Å². The first kappa shape index (κ1) is 17.4. The molecule has 0 radical (unpaired) electrons. The largest absolute Gasteiger partial charge is 0.396 e. The standard InChI is InChI=1S/C15H25N3O3/c1-10(2)18(8-5-9-19)14(20)7-6-13-11(3)16-12(4)17-15(13)21/h10,19H,5-9H2,1-4H3,(H,16,17,21). The lowest BCUT2D eigenvalue weighted by Gasteiger charge is -2.26. The zero-order valence-corrected chi connectivity index (χ0v) is 13.3. The van der Waals surface area contributed by atoms with Gasteiger partial charge < -0.3 is 15.0 Å². The van der Waals surface area contributed by atoms with Gasteiger partial charge in [-0.2, -0.15) is 0 Å². The average molecular weight is 295 g/mol. The second-order valence-electron chi connectivity index (χ2n) is 5.47. The fraction of sp³-hybridized carbons (Fsp3) is 0.667. The van der Waals surface area contributed by atoms with Crippen molar-refractivity contribution in [2.24, 2.45) is 0 Å². The highest BCUT2D eigenvalue weighted by molar-refractivity contribution is 5.76. The minimum atomic E-state index is -0.167. The van der Waals surface area contributed by atoms with E-state index in [0.717, 1.165) is 0 Å². The van der Waals surface area contributed by atoms with E-state index in [1.165, 1.54) is 0 Å². The fourth-order valence-electron chi connectivity index (χ4n) is 2.33. The lowest BCUT2D eigenvalue weighted by molar-refractivity contribution is -0.133. The summed E-state index contributed by atoms with van der Waals surface area (Å²) in [7, 11) is 0. The first-order valence-electron chi connectivity index (χ1n) is 7.33. The Kier molecular flexibility index (Phi) is 6.55. The number of hydrogen-bond donors (Lipinski definition) is 2. The maximum atomic E-state index is 12.3. The van der Waals surface area contributed by atoms with E-state index >= 15 is 0 Å². The van der Waals surface area contributed by atoms with Gasteiger partial charge in [-0.3, -0.25) is 9.59 Å². The summed E-state index contributed by atoms with van der Waals surface area (Å²) in [5.74, 6) is 0.581. The Morgan fingerprint density at radius 3 is 2.57 bits per heavy atom. The molecule has 21 heavy (non-hydrogen) atoms. The van der Waals surface area contributed by atoms with Gasteiger partial charge in [-0.25, -0.2) is 4.98 Å². The van der Waals surface area contributed by atoms with Gasteiger partial charge in [-0.15, -0.1) is 0 Å². The van der Waals surface area contributed by atoms with Crippen LogP contribution in [0.5, 0.6) is 0 Å². The molecule has 0 unspecified atom stereocenters. The number of aryl methyl sites for hydroxylation is 2. The highest BCUT2D eigenvalue weighted by Gasteiger charge is 2.17. The van der Waals surface area contributed by atoms with E-state index in [2.05, 4.69) is 9.97 Å². The molecule has 0 spiro atoms. The van der Waals surface area contributed by atoms with Crippen molar-refractivity contribution in [3.63, 3.8) is 0 Å². The minimum Gasteiger partial charge on any atom is -0.396 e.